The standard InChI is InChI=1S/C17H20N4O2/c1-12-15(10-19-21(12)14-7-3-2-4-8-14)17(23)20-9-5-6-13(11-20)16(18)22/h2-4,7-8,10,13H,5-6,9,11H2,1H3,(H2,18,22)/t13-/m0/s1. The zero-order valence-corrected chi connectivity index (χ0v) is 13.1. The van der Waals surface area contributed by atoms with Gasteiger partial charge in [0.05, 0.1) is 29.1 Å². The molecule has 2 amide bonds. The van der Waals surface area contributed by atoms with E-state index in [-0.39, 0.29) is 17.7 Å². The molecular formula is C17H20N4O2. The Morgan fingerprint density at radius 1 is 1.26 bits per heavy atom. The maximum atomic E-state index is 12.8. The molecule has 1 aliphatic rings. The van der Waals surface area contributed by atoms with Crippen molar-refractivity contribution in [3.05, 3.63) is 47.8 Å². The van der Waals surface area contributed by atoms with Crippen molar-refractivity contribution in [1.82, 2.24) is 14.7 Å². The zero-order valence-electron chi connectivity index (χ0n) is 13.1. The molecule has 0 spiro atoms. The topological polar surface area (TPSA) is 81.2 Å². The third-order valence-corrected chi connectivity index (χ3v) is 4.35. The Labute approximate surface area is 134 Å². The number of piperidine rings is 1. The van der Waals surface area contributed by atoms with Gasteiger partial charge in [-0.2, -0.15) is 5.10 Å². The van der Waals surface area contributed by atoms with Gasteiger partial charge < -0.3 is 10.6 Å². The molecule has 3 rings (SSSR count). The second-order valence-corrected chi connectivity index (χ2v) is 5.88. The number of hydrogen-bond donors (Lipinski definition) is 1. The van der Waals surface area contributed by atoms with Gasteiger partial charge >= 0.3 is 0 Å². The largest absolute Gasteiger partial charge is 0.369 e. The minimum atomic E-state index is -0.334. The highest BCUT2D eigenvalue weighted by Crippen LogP contribution is 2.21. The van der Waals surface area contributed by atoms with Gasteiger partial charge in [0.2, 0.25) is 5.91 Å². The SMILES string of the molecule is Cc1c(C(=O)N2CCC[C@H](C(N)=O)C2)cnn1-c1ccccc1. The number of amides is 2. The van der Waals surface area contributed by atoms with Crippen molar-refractivity contribution in [2.75, 3.05) is 13.1 Å². The van der Waals surface area contributed by atoms with Crippen molar-refractivity contribution in [3.8, 4) is 5.69 Å². The number of rotatable bonds is 3. The molecule has 1 aromatic carbocycles. The van der Waals surface area contributed by atoms with E-state index in [1.165, 1.54) is 0 Å². The van der Waals surface area contributed by atoms with E-state index in [4.69, 9.17) is 5.73 Å². The first-order valence-corrected chi connectivity index (χ1v) is 7.76. The second kappa shape index (κ2) is 6.24. The summed E-state index contributed by atoms with van der Waals surface area (Å²) >= 11 is 0. The number of primary amides is 1. The minimum absolute atomic E-state index is 0.0874. The molecule has 120 valence electrons. The number of hydrogen-bond acceptors (Lipinski definition) is 3. The summed E-state index contributed by atoms with van der Waals surface area (Å²) in [6, 6.07) is 9.68. The van der Waals surface area contributed by atoms with Crippen molar-refractivity contribution in [2.24, 2.45) is 11.7 Å². The molecule has 0 radical (unpaired) electrons. The van der Waals surface area contributed by atoms with Crippen LogP contribution in [0.2, 0.25) is 0 Å². The minimum Gasteiger partial charge on any atom is -0.369 e. The molecule has 1 saturated heterocycles. The highest BCUT2D eigenvalue weighted by molar-refractivity contribution is 5.95. The number of carbonyl (C=O) groups is 2. The summed E-state index contributed by atoms with van der Waals surface area (Å²) in [4.78, 5) is 25.8. The van der Waals surface area contributed by atoms with Crippen LogP contribution in [-0.4, -0.2) is 39.6 Å². The summed E-state index contributed by atoms with van der Waals surface area (Å²) in [5.41, 5.74) is 7.66. The van der Waals surface area contributed by atoms with Crippen LogP contribution in [-0.2, 0) is 4.79 Å². The maximum absolute atomic E-state index is 12.8. The van der Waals surface area contributed by atoms with E-state index in [2.05, 4.69) is 5.10 Å². The average Bonchev–Trinajstić information content (AvgIpc) is 2.96. The normalized spacial score (nSPS) is 18.0. The molecular weight excluding hydrogens is 292 g/mol. The van der Waals surface area contributed by atoms with Gasteiger partial charge in [0.15, 0.2) is 0 Å². The summed E-state index contributed by atoms with van der Waals surface area (Å²) in [6.07, 6.45) is 3.14. The van der Waals surface area contributed by atoms with Crippen LogP contribution in [0, 0.1) is 12.8 Å². The zero-order chi connectivity index (χ0) is 16.4. The number of benzene rings is 1. The Morgan fingerprint density at radius 3 is 2.70 bits per heavy atom. The molecule has 1 fully saturated rings. The Morgan fingerprint density at radius 2 is 2.00 bits per heavy atom. The van der Waals surface area contributed by atoms with Crippen molar-refractivity contribution in [1.29, 1.82) is 0 Å². The van der Waals surface area contributed by atoms with Crippen LogP contribution in [0.1, 0.15) is 28.9 Å². The van der Waals surface area contributed by atoms with Crippen LogP contribution in [0.3, 0.4) is 0 Å². The van der Waals surface area contributed by atoms with Crippen LogP contribution in [0.4, 0.5) is 0 Å². The third-order valence-electron chi connectivity index (χ3n) is 4.35. The van der Waals surface area contributed by atoms with E-state index >= 15 is 0 Å². The van der Waals surface area contributed by atoms with Gasteiger partial charge in [0.25, 0.3) is 5.91 Å². The maximum Gasteiger partial charge on any atom is 0.257 e. The lowest BCUT2D eigenvalue weighted by atomic mass is 9.97. The number of nitrogens with two attached hydrogens (primary N) is 1. The lowest BCUT2D eigenvalue weighted by Gasteiger charge is -2.31. The van der Waals surface area contributed by atoms with Gasteiger partial charge in [0.1, 0.15) is 0 Å². The molecule has 1 aliphatic heterocycles. The quantitative estimate of drug-likeness (QED) is 0.933. The van der Waals surface area contributed by atoms with E-state index in [0.717, 1.165) is 24.2 Å². The summed E-state index contributed by atoms with van der Waals surface area (Å²) in [7, 11) is 0. The van der Waals surface area contributed by atoms with Gasteiger partial charge in [-0.1, -0.05) is 18.2 Å². The molecule has 1 aromatic heterocycles. The number of nitrogens with zero attached hydrogens (tertiary/aromatic N) is 3. The lowest BCUT2D eigenvalue weighted by Crippen LogP contribution is -2.44. The van der Waals surface area contributed by atoms with Gasteiger partial charge in [-0.25, -0.2) is 4.68 Å². The van der Waals surface area contributed by atoms with Crippen LogP contribution < -0.4 is 5.73 Å². The Bertz CT molecular complexity index is 723. The van der Waals surface area contributed by atoms with E-state index in [0.29, 0.717) is 18.7 Å². The predicted octanol–water partition coefficient (Wildman–Crippen LogP) is 1.52. The van der Waals surface area contributed by atoms with Crippen LogP contribution >= 0.6 is 0 Å². The van der Waals surface area contributed by atoms with Gasteiger partial charge in [-0.15, -0.1) is 0 Å². The van der Waals surface area contributed by atoms with E-state index in [9.17, 15) is 9.59 Å². The number of likely N-dealkylation sites (tertiary alicyclic amines) is 1. The molecule has 6 nitrogen and oxygen atoms in total. The fraction of sp³-hybridized carbons (Fsp3) is 0.353. The highest BCUT2D eigenvalue weighted by Gasteiger charge is 2.29. The first kappa shape index (κ1) is 15.3. The number of carbonyl (C=O) groups excluding carboxylic acids is 2. The molecule has 0 unspecified atom stereocenters. The summed E-state index contributed by atoms with van der Waals surface area (Å²) < 4.78 is 1.75. The van der Waals surface area contributed by atoms with E-state index in [1.807, 2.05) is 37.3 Å². The van der Waals surface area contributed by atoms with E-state index < -0.39 is 0 Å². The van der Waals surface area contributed by atoms with Gasteiger partial charge in [0, 0.05) is 13.1 Å². The fourth-order valence-electron chi connectivity index (χ4n) is 3.01. The monoisotopic (exact) mass is 312 g/mol. The molecule has 2 N–H and O–H groups in total. The van der Waals surface area contributed by atoms with Gasteiger partial charge in [-0.05, 0) is 31.9 Å². The van der Waals surface area contributed by atoms with Crippen molar-refractivity contribution in [3.63, 3.8) is 0 Å². The smallest absolute Gasteiger partial charge is 0.257 e. The van der Waals surface area contributed by atoms with Crippen molar-refractivity contribution >= 4 is 11.8 Å². The van der Waals surface area contributed by atoms with Crippen LogP contribution in [0.15, 0.2) is 36.5 Å². The van der Waals surface area contributed by atoms with Crippen LogP contribution in [0.5, 0.6) is 0 Å². The Balaban J connectivity index is 1.83. The van der Waals surface area contributed by atoms with Crippen molar-refractivity contribution in [2.45, 2.75) is 19.8 Å². The molecule has 0 saturated carbocycles. The Kier molecular flexibility index (Phi) is 4.14. The molecule has 0 aliphatic carbocycles. The summed E-state index contributed by atoms with van der Waals surface area (Å²) in [5.74, 6) is -0.674. The third kappa shape index (κ3) is 2.97. The second-order valence-electron chi connectivity index (χ2n) is 5.88. The average molecular weight is 312 g/mol. The first-order valence-electron chi connectivity index (χ1n) is 7.76. The molecule has 0 bridgehead atoms. The fourth-order valence-corrected chi connectivity index (χ4v) is 3.01. The predicted molar refractivity (Wildman–Crippen MR) is 86.1 cm³/mol. The van der Waals surface area contributed by atoms with E-state index in [1.54, 1.807) is 15.8 Å². The molecule has 23 heavy (non-hydrogen) atoms. The first-order chi connectivity index (χ1) is 11.1. The molecule has 6 heteroatoms. The summed E-state index contributed by atoms with van der Waals surface area (Å²) in [5, 5.41) is 4.33. The molecule has 2 heterocycles. The molecule has 2 aromatic rings. The lowest BCUT2D eigenvalue weighted by molar-refractivity contribution is -0.123. The van der Waals surface area contributed by atoms with Crippen molar-refractivity contribution < 1.29 is 9.59 Å². The highest BCUT2D eigenvalue weighted by atomic mass is 16.2. The van der Waals surface area contributed by atoms with Gasteiger partial charge in [-0.3, -0.25) is 9.59 Å². The number of aromatic nitrogens is 2. The Hall–Kier alpha value is -2.63. The molecule has 1 atom stereocenters. The van der Waals surface area contributed by atoms with Crippen LogP contribution in [0.25, 0.3) is 5.69 Å². The summed E-state index contributed by atoms with van der Waals surface area (Å²) in [6.45, 7) is 2.92. The number of para-hydroxylation sites is 1.